The molecule has 4 N–H and O–H groups in total. The first-order valence-electron chi connectivity index (χ1n) is 21.6. The van der Waals surface area contributed by atoms with Gasteiger partial charge in [0.1, 0.15) is 16.9 Å². The quantitative estimate of drug-likeness (QED) is 0.132. The van der Waals surface area contributed by atoms with E-state index in [1.807, 2.05) is 6.07 Å². The average molecular weight is 838 g/mol. The lowest BCUT2D eigenvalue weighted by atomic mass is 9.82. The summed E-state index contributed by atoms with van der Waals surface area (Å²) in [7, 11) is 0. The number of allylic oxidation sites excluding steroid dienone is 5. The third kappa shape index (κ3) is 5.32. The number of benzene rings is 4. The van der Waals surface area contributed by atoms with Gasteiger partial charge in [0.25, 0.3) is 0 Å². The molecule has 0 unspecified atom stereocenters. The van der Waals surface area contributed by atoms with Crippen LogP contribution in [0.1, 0.15) is 5.69 Å². The molecule has 8 aromatic heterocycles. The summed E-state index contributed by atoms with van der Waals surface area (Å²) in [4.78, 5) is 33.8. The van der Waals surface area contributed by atoms with Crippen molar-refractivity contribution in [1.82, 2.24) is 54.4 Å². The highest BCUT2D eigenvalue weighted by atomic mass is 15.1. The minimum Gasteiger partial charge on any atom is -0.360 e. The van der Waals surface area contributed by atoms with E-state index in [4.69, 9.17) is 20.1 Å². The molecule has 0 bridgehead atoms. The van der Waals surface area contributed by atoms with Crippen LogP contribution >= 0.6 is 0 Å². The molecular formula is C54H35N11. The van der Waals surface area contributed by atoms with Gasteiger partial charge in [-0.1, -0.05) is 85.0 Å². The molecule has 0 saturated carbocycles. The topological polar surface area (TPSA) is 135 Å². The third-order valence-corrected chi connectivity index (χ3v) is 13.0. The monoisotopic (exact) mass is 837 g/mol. The van der Waals surface area contributed by atoms with E-state index >= 15 is 0 Å². The van der Waals surface area contributed by atoms with Crippen molar-refractivity contribution in [2.75, 3.05) is 6.54 Å². The summed E-state index contributed by atoms with van der Waals surface area (Å²) in [5.74, 6) is 0.438. The second-order valence-electron chi connectivity index (χ2n) is 16.5. The van der Waals surface area contributed by atoms with Gasteiger partial charge in [0.15, 0.2) is 11.5 Å². The summed E-state index contributed by atoms with van der Waals surface area (Å²) in [6.45, 7) is 0.743. The minimum absolute atomic E-state index is 0.438. The molecule has 0 radical (unpaired) electrons. The van der Waals surface area contributed by atoms with Gasteiger partial charge in [0, 0.05) is 97.3 Å². The number of hydrogen-bond acceptors (Lipinski definition) is 6. The van der Waals surface area contributed by atoms with Crippen molar-refractivity contribution in [3.05, 3.63) is 188 Å². The fourth-order valence-corrected chi connectivity index (χ4v) is 10.0. The van der Waals surface area contributed by atoms with E-state index < -0.39 is 0 Å². The van der Waals surface area contributed by atoms with Crippen LogP contribution in [-0.2, 0) is 0 Å². The van der Waals surface area contributed by atoms with Crippen LogP contribution in [0.3, 0.4) is 0 Å². The lowest BCUT2D eigenvalue weighted by Crippen LogP contribution is -2.21. The molecule has 2 aliphatic rings. The van der Waals surface area contributed by atoms with E-state index in [-0.39, 0.29) is 0 Å². The maximum atomic E-state index is 5.81. The second kappa shape index (κ2) is 13.7. The second-order valence-corrected chi connectivity index (χ2v) is 16.5. The number of fused-ring (bicyclic) bond motifs is 7. The van der Waals surface area contributed by atoms with E-state index in [9.17, 15) is 0 Å². The highest BCUT2D eigenvalue weighted by Crippen LogP contribution is 2.53. The molecule has 14 rings (SSSR count). The molecule has 0 aliphatic carbocycles. The van der Waals surface area contributed by atoms with Crippen molar-refractivity contribution in [2.24, 2.45) is 0 Å². The Bertz CT molecular complexity index is 4040. The Morgan fingerprint density at radius 1 is 0.615 bits per heavy atom. The molecule has 12 aromatic rings. The van der Waals surface area contributed by atoms with Crippen molar-refractivity contribution < 1.29 is 0 Å². The fraction of sp³-hybridized carbons (Fsp3) is 0.0185. The summed E-state index contributed by atoms with van der Waals surface area (Å²) in [6, 6.07) is 38.5. The number of aromatic amines is 4. The molecule has 0 saturated heterocycles. The van der Waals surface area contributed by atoms with E-state index in [2.05, 4.69) is 193 Å². The van der Waals surface area contributed by atoms with Crippen LogP contribution in [0, 0.1) is 0 Å². The van der Waals surface area contributed by atoms with Gasteiger partial charge in [-0.15, -0.1) is 0 Å². The molecule has 65 heavy (non-hydrogen) atoms. The number of pyridine rings is 2. The number of hydrogen-bond donors (Lipinski definition) is 4. The van der Waals surface area contributed by atoms with Crippen LogP contribution < -0.4 is 0 Å². The molecule has 0 amide bonds. The van der Waals surface area contributed by atoms with Gasteiger partial charge in [-0.05, 0) is 65.6 Å². The Morgan fingerprint density at radius 3 is 2.42 bits per heavy atom. The van der Waals surface area contributed by atoms with Crippen molar-refractivity contribution in [2.45, 2.75) is 0 Å². The molecule has 2 aliphatic heterocycles. The lowest BCUT2D eigenvalue weighted by molar-refractivity contribution is 0.526. The molecule has 4 aromatic carbocycles. The highest BCUT2D eigenvalue weighted by Gasteiger charge is 2.32. The predicted molar refractivity (Wildman–Crippen MR) is 260 cm³/mol. The Kier molecular flexibility index (Phi) is 7.48. The molecule has 0 spiro atoms. The third-order valence-electron chi connectivity index (χ3n) is 13.0. The predicted octanol–water partition coefficient (Wildman–Crippen LogP) is 12.0. The molecule has 11 heteroatoms. The van der Waals surface area contributed by atoms with Crippen LogP contribution in [0.2, 0.25) is 0 Å². The highest BCUT2D eigenvalue weighted by molar-refractivity contribution is 6.22. The zero-order chi connectivity index (χ0) is 42.6. The number of imidazole rings is 1. The number of nitrogens with one attached hydrogen (secondary N) is 4. The van der Waals surface area contributed by atoms with E-state index in [1.54, 1.807) is 12.5 Å². The van der Waals surface area contributed by atoms with Crippen molar-refractivity contribution >= 4 is 65.6 Å². The van der Waals surface area contributed by atoms with E-state index in [0.717, 1.165) is 123 Å². The van der Waals surface area contributed by atoms with Gasteiger partial charge >= 0.3 is 0 Å². The first-order chi connectivity index (χ1) is 32.2. The molecule has 11 nitrogen and oxygen atoms in total. The summed E-state index contributed by atoms with van der Waals surface area (Å²) in [5, 5.41) is 14.7. The Morgan fingerprint density at radius 2 is 1.48 bits per heavy atom. The Hall–Kier alpha value is -9.09. The first-order valence-corrected chi connectivity index (χ1v) is 21.6. The summed E-state index contributed by atoms with van der Waals surface area (Å²) in [6.07, 6.45) is 22.7. The smallest absolute Gasteiger partial charge is 0.181 e. The van der Waals surface area contributed by atoms with Gasteiger partial charge in [-0.25, -0.2) is 19.9 Å². The zero-order valence-electron chi connectivity index (χ0n) is 34.6. The van der Waals surface area contributed by atoms with Crippen LogP contribution in [0.5, 0.6) is 0 Å². The van der Waals surface area contributed by atoms with Gasteiger partial charge in [-0.3, -0.25) is 5.10 Å². The summed E-state index contributed by atoms with van der Waals surface area (Å²) >= 11 is 0. The standard InChI is InChI=1S/C54H35N11/c1-3-14-33-32(13-1)28-55-50(33)46-37(34-21-25-65-23-10-7-19-43(34)65)27-38-45(47(46)41-26-31-12-2-5-17-39(31)59-41)48(51-35-15-4-6-18-40(35)62-63-51)52(54-56-29-42-53(61-54)58-30-57-42)60-49(38)36-16-11-24-64-22-9-8-20-44(36)64/h1-23,25-30,55,59H,24H2,(H,62,63)(H,56,57,58,61). The van der Waals surface area contributed by atoms with Crippen LogP contribution in [0.4, 0.5) is 0 Å². The number of nitrogens with zero attached hydrogens (tertiary/aromatic N) is 7. The first kappa shape index (κ1) is 35.5. The minimum atomic E-state index is 0.438. The van der Waals surface area contributed by atoms with Crippen LogP contribution in [0.25, 0.3) is 122 Å². The van der Waals surface area contributed by atoms with E-state index in [0.29, 0.717) is 17.2 Å². The van der Waals surface area contributed by atoms with Gasteiger partial charge in [0.05, 0.1) is 40.6 Å². The normalized spacial score (nSPS) is 13.8. The van der Waals surface area contributed by atoms with E-state index in [1.165, 1.54) is 0 Å². The molecule has 10 heterocycles. The van der Waals surface area contributed by atoms with Gasteiger partial charge in [-0.2, -0.15) is 5.10 Å². The molecular weight excluding hydrogens is 803 g/mol. The lowest BCUT2D eigenvalue weighted by Gasteiger charge is -2.29. The van der Waals surface area contributed by atoms with Gasteiger partial charge in [0.2, 0.25) is 0 Å². The zero-order valence-corrected chi connectivity index (χ0v) is 34.6. The maximum absolute atomic E-state index is 5.81. The largest absolute Gasteiger partial charge is 0.360 e. The van der Waals surface area contributed by atoms with Crippen molar-refractivity contribution in [1.29, 1.82) is 0 Å². The molecule has 0 atom stereocenters. The molecule has 0 fully saturated rings. The van der Waals surface area contributed by atoms with Crippen LogP contribution in [0.15, 0.2) is 183 Å². The van der Waals surface area contributed by atoms with Crippen molar-refractivity contribution in [3.63, 3.8) is 0 Å². The number of aromatic nitrogens is 10. The molecule has 306 valence electrons. The number of para-hydroxylation sites is 2. The number of rotatable bonds is 6. The van der Waals surface area contributed by atoms with Crippen molar-refractivity contribution in [3.8, 4) is 56.4 Å². The summed E-state index contributed by atoms with van der Waals surface area (Å²) < 4.78 is 2.19. The fourth-order valence-electron chi connectivity index (χ4n) is 10.0. The summed E-state index contributed by atoms with van der Waals surface area (Å²) in [5.41, 5.74) is 15.4. The maximum Gasteiger partial charge on any atom is 0.181 e. The van der Waals surface area contributed by atoms with Crippen LogP contribution in [-0.4, -0.2) is 60.9 Å². The SMILES string of the molecule is C1=CC2=C(c3nc(-c4ncc5[nH]cnc5n4)c(-c4n[nH]c5ccccc45)c4c(-c5cc6ccccc6[nH]5)c(-c5[nH]cc6ccccc56)c(-c5ccn6ccccc56)cc34)C=CCN2C=C1. The Balaban J connectivity index is 1.27. The Labute approximate surface area is 369 Å². The van der Waals surface area contributed by atoms with Gasteiger partial charge < -0.3 is 24.3 Å². The number of H-pyrrole nitrogens is 4. The average Bonchev–Trinajstić information content (AvgIpc) is 4.22.